The van der Waals surface area contributed by atoms with E-state index >= 15 is 0 Å². The van der Waals surface area contributed by atoms with E-state index in [1.54, 1.807) is 12.4 Å². The zero-order chi connectivity index (χ0) is 10.4. The highest BCUT2D eigenvalue weighted by atomic mass is 35.5. The van der Waals surface area contributed by atoms with Gasteiger partial charge in [0, 0.05) is 13.6 Å². The lowest BCUT2D eigenvalue weighted by Crippen LogP contribution is -2.19. The fourth-order valence-electron chi connectivity index (χ4n) is 1.23. The van der Waals surface area contributed by atoms with Gasteiger partial charge in [-0.3, -0.25) is 4.98 Å². The van der Waals surface area contributed by atoms with E-state index in [1.165, 1.54) is 19.3 Å². The summed E-state index contributed by atoms with van der Waals surface area (Å²) in [5, 5.41) is 0.449. The van der Waals surface area contributed by atoms with E-state index in [0.717, 1.165) is 12.4 Å². The zero-order valence-corrected chi connectivity index (χ0v) is 9.46. The summed E-state index contributed by atoms with van der Waals surface area (Å²) < 4.78 is 0. The van der Waals surface area contributed by atoms with Crippen molar-refractivity contribution in [2.45, 2.75) is 26.2 Å². The van der Waals surface area contributed by atoms with Gasteiger partial charge in [0.1, 0.15) is 11.0 Å². The monoisotopic (exact) mass is 213 g/mol. The van der Waals surface area contributed by atoms with Crippen LogP contribution in [0, 0.1) is 0 Å². The Morgan fingerprint density at radius 2 is 2.14 bits per heavy atom. The van der Waals surface area contributed by atoms with Crippen molar-refractivity contribution >= 4 is 17.4 Å². The van der Waals surface area contributed by atoms with Crippen molar-refractivity contribution in [2.24, 2.45) is 0 Å². The van der Waals surface area contributed by atoms with Crippen molar-refractivity contribution in [3.05, 3.63) is 17.5 Å². The molecule has 0 aliphatic carbocycles. The summed E-state index contributed by atoms with van der Waals surface area (Å²) in [6, 6.07) is 0. The van der Waals surface area contributed by atoms with Gasteiger partial charge in [-0.2, -0.15) is 0 Å². The third-order valence-electron chi connectivity index (χ3n) is 2.08. The first-order valence-corrected chi connectivity index (χ1v) is 5.30. The number of unbranched alkanes of at least 4 members (excludes halogenated alkanes) is 2. The van der Waals surface area contributed by atoms with Gasteiger partial charge < -0.3 is 4.90 Å². The van der Waals surface area contributed by atoms with Gasteiger partial charge in [-0.1, -0.05) is 31.4 Å². The van der Waals surface area contributed by atoms with Crippen molar-refractivity contribution < 1.29 is 0 Å². The maximum Gasteiger partial charge on any atom is 0.149 e. The van der Waals surface area contributed by atoms with Crippen LogP contribution in [-0.4, -0.2) is 23.6 Å². The molecule has 0 atom stereocenters. The molecule has 1 heterocycles. The predicted octanol–water partition coefficient (Wildman–Crippen LogP) is 2.76. The van der Waals surface area contributed by atoms with E-state index in [1.807, 2.05) is 7.05 Å². The molecule has 0 aliphatic rings. The van der Waals surface area contributed by atoms with Crippen LogP contribution in [0.25, 0.3) is 0 Å². The Labute approximate surface area is 90.1 Å². The molecule has 1 aromatic rings. The molecular formula is C10H16ClN3. The van der Waals surface area contributed by atoms with E-state index < -0.39 is 0 Å². The van der Waals surface area contributed by atoms with Crippen LogP contribution in [0.1, 0.15) is 26.2 Å². The summed E-state index contributed by atoms with van der Waals surface area (Å²) in [4.78, 5) is 10.3. The van der Waals surface area contributed by atoms with Crippen LogP contribution in [0.4, 0.5) is 5.82 Å². The van der Waals surface area contributed by atoms with Gasteiger partial charge in [-0.05, 0) is 6.42 Å². The number of hydrogen-bond donors (Lipinski definition) is 0. The second kappa shape index (κ2) is 5.81. The van der Waals surface area contributed by atoms with E-state index in [0.29, 0.717) is 5.15 Å². The summed E-state index contributed by atoms with van der Waals surface area (Å²) in [5.74, 6) is 0.841. The summed E-state index contributed by atoms with van der Waals surface area (Å²) in [7, 11) is 2.01. The first-order chi connectivity index (χ1) is 6.74. The Morgan fingerprint density at radius 1 is 1.36 bits per heavy atom. The van der Waals surface area contributed by atoms with Gasteiger partial charge in [0.05, 0.1) is 12.4 Å². The lowest BCUT2D eigenvalue weighted by molar-refractivity contribution is 0.700. The molecule has 0 N–H and O–H groups in total. The first kappa shape index (κ1) is 11.2. The van der Waals surface area contributed by atoms with Crippen LogP contribution in [0.5, 0.6) is 0 Å². The van der Waals surface area contributed by atoms with Gasteiger partial charge in [0.25, 0.3) is 0 Å². The predicted molar refractivity (Wildman–Crippen MR) is 59.8 cm³/mol. The Hall–Kier alpha value is -0.830. The average Bonchev–Trinajstić information content (AvgIpc) is 2.18. The summed E-state index contributed by atoms with van der Waals surface area (Å²) in [6.45, 7) is 3.20. The third-order valence-corrected chi connectivity index (χ3v) is 2.26. The van der Waals surface area contributed by atoms with Crippen LogP contribution in [0.2, 0.25) is 5.15 Å². The highest BCUT2D eigenvalue weighted by Crippen LogP contribution is 2.11. The maximum atomic E-state index is 5.75. The molecule has 0 unspecified atom stereocenters. The fraction of sp³-hybridized carbons (Fsp3) is 0.600. The van der Waals surface area contributed by atoms with Gasteiger partial charge >= 0.3 is 0 Å². The molecule has 78 valence electrons. The highest BCUT2D eigenvalue weighted by molar-refractivity contribution is 6.29. The van der Waals surface area contributed by atoms with E-state index in [-0.39, 0.29) is 0 Å². The molecule has 0 saturated heterocycles. The maximum absolute atomic E-state index is 5.75. The van der Waals surface area contributed by atoms with Gasteiger partial charge in [-0.25, -0.2) is 4.98 Å². The minimum Gasteiger partial charge on any atom is -0.358 e. The average molecular weight is 214 g/mol. The minimum absolute atomic E-state index is 0.449. The number of aromatic nitrogens is 2. The highest BCUT2D eigenvalue weighted by Gasteiger charge is 2.02. The lowest BCUT2D eigenvalue weighted by Gasteiger charge is -2.17. The first-order valence-electron chi connectivity index (χ1n) is 4.92. The molecule has 0 amide bonds. The Balaban J connectivity index is 2.47. The Kier molecular flexibility index (Phi) is 4.66. The number of rotatable bonds is 5. The number of hydrogen-bond acceptors (Lipinski definition) is 3. The molecule has 0 aromatic carbocycles. The molecule has 0 fully saturated rings. The van der Waals surface area contributed by atoms with E-state index in [2.05, 4.69) is 21.8 Å². The molecule has 0 radical (unpaired) electrons. The molecule has 0 aliphatic heterocycles. The van der Waals surface area contributed by atoms with Crippen molar-refractivity contribution in [2.75, 3.05) is 18.5 Å². The fourth-order valence-corrected chi connectivity index (χ4v) is 1.37. The van der Waals surface area contributed by atoms with E-state index in [9.17, 15) is 0 Å². The third kappa shape index (κ3) is 3.50. The molecule has 14 heavy (non-hydrogen) atoms. The SMILES string of the molecule is CCCCCN(C)c1cncc(Cl)n1. The zero-order valence-electron chi connectivity index (χ0n) is 8.70. The molecule has 0 spiro atoms. The van der Waals surface area contributed by atoms with Gasteiger partial charge in [0.2, 0.25) is 0 Å². The smallest absolute Gasteiger partial charge is 0.149 e. The number of anilines is 1. The Morgan fingerprint density at radius 3 is 2.79 bits per heavy atom. The molecule has 0 saturated carbocycles. The molecular weight excluding hydrogens is 198 g/mol. The lowest BCUT2D eigenvalue weighted by atomic mass is 10.2. The van der Waals surface area contributed by atoms with Crippen LogP contribution >= 0.6 is 11.6 Å². The standard InChI is InChI=1S/C10H16ClN3/c1-3-4-5-6-14(2)10-8-12-7-9(11)13-10/h7-8H,3-6H2,1-2H3. The van der Waals surface area contributed by atoms with Crippen molar-refractivity contribution in [3.8, 4) is 0 Å². The van der Waals surface area contributed by atoms with Crippen LogP contribution < -0.4 is 4.90 Å². The quantitative estimate of drug-likeness (QED) is 0.705. The van der Waals surface area contributed by atoms with Crippen LogP contribution in [0.15, 0.2) is 12.4 Å². The molecule has 1 aromatic heterocycles. The van der Waals surface area contributed by atoms with Gasteiger partial charge in [-0.15, -0.1) is 0 Å². The second-order valence-corrected chi connectivity index (χ2v) is 3.72. The minimum atomic E-state index is 0.449. The van der Waals surface area contributed by atoms with Crippen molar-refractivity contribution in [1.82, 2.24) is 9.97 Å². The molecule has 3 nitrogen and oxygen atoms in total. The normalized spacial score (nSPS) is 10.2. The van der Waals surface area contributed by atoms with Gasteiger partial charge in [0.15, 0.2) is 0 Å². The topological polar surface area (TPSA) is 29.0 Å². The number of nitrogens with zero attached hydrogens (tertiary/aromatic N) is 3. The summed E-state index contributed by atoms with van der Waals surface area (Å²) in [5.41, 5.74) is 0. The van der Waals surface area contributed by atoms with Crippen LogP contribution in [-0.2, 0) is 0 Å². The van der Waals surface area contributed by atoms with Crippen LogP contribution in [0.3, 0.4) is 0 Å². The Bertz CT molecular complexity index is 278. The van der Waals surface area contributed by atoms with Crippen molar-refractivity contribution in [1.29, 1.82) is 0 Å². The summed E-state index contributed by atoms with van der Waals surface area (Å²) >= 11 is 5.75. The second-order valence-electron chi connectivity index (χ2n) is 3.33. The summed E-state index contributed by atoms with van der Waals surface area (Å²) in [6.07, 6.45) is 6.94. The van der Waals surface area contributed by atoms with E-state index in [4.69, 9.17) is 11.6 Å². The van der Waals surface area contributed by atoms with Crippen molar-refractivity contribution in [3.63, 3.8) is 0 Å². The number of halogens is 1. The largest absolute Gasteiger partial charge is 0.358 e. The molecule has 0 bridgehead atoms. The molecule has 4 heteroatoms. The molecule has 1 rings (SSSR count).